The number of hydrogen-bond donors (Lipinski definition) is 2. The van der Waals surface area contributed by atoms with E-state index in [9.17, 15) is 9.59 Å². The second-order valence-corrected chi connectivity index (χ2v) is 7.17. The van der Waals surface area contributed by atoms with Gasteiger partial charge in [0.25, 0.3) is 5.91 Å². The molecular formula is C17H14Cl2N2O3S. The third kappa shape index (κ3) is 4.81. The fraction of sp³-hybridized carbons (Fsp3) is 0.176. The first-order valence-electron chi connectivity index (χ1n) is 7.39. The fourth-order valence-electron chi connectivity index (χ4n) is 2.27. The minimum atomic E-state index is -0.238. The van der Waals surface area contributed by atoms with Gasteiger partial charge in [0.15, 0.2) is 6.61 Å². The largest absolute Gasteiger partial charge is 0.482 e. The lowest BCUT2D eigenvalue weighted by Crippen LogP contribution is -2.25. The lowest BCUT2D eigenvalue weighted by atomic mass is 10.2. The number of halogens is 2. The van der Waals surface area contributed by atoms with E-state index in [4.69, 9.17) is 27.9 Å². The van der Waals surface area contributed by atoms with Crippen molar-refractivity contribution in [2.24, 2.45) is 0 Å². The van der Waals surface area contributed by atoms with Crippen molar-refractivity contribution < 1.29 is 14.3 Å². The van der Waals surface area contributed by atoms with Gasteiger partial charge in [-0.25, -0.2) is 0 Å². The second-order valence-electron chi connectivity index (χ2n) is 5.34. The Morgan fingerprint density at radius 1 is 1.28 bits per heavy atom. The smallest absolute Gasteiger partial charge is 0.262 e. The summed E-state index contributed by atoms with van der Waals surface area (Å²) < 4.78 is 5.32. The van der Waals surface area contributed by atoms with Crippen LogP contribution in [0, 0.1) is 0 Å². The van der Waals surface area contributed by atoms with E-state index in [0.29, 0.717) is 32.9 Å². The Bertz CT molecular complexity index is 830. The molecule has 5 nitrogen and oxygen atoms in total. The van der Waals surface area contributed by atoms with E-state index in [1.807, 2.05) is 24.3 Å². The Morgan fingerprint density at radius 2 is 2.12 bits per heavy atom. The molecule has 0 fully saturated rings. The fourth-order valence-corrected chi connectivity index (χ4v) is 3.47. The molecule has 2 aromatic carbocycles. The Balaban J connectivity index is 1.57. The molecule has 0 bridgehead atoms. The predicted octanol–water partition coefficient (Wildman–Crippen LogP) is 4.20. The zero-order valence-corrected chi connectivity index (χ0v) is 15.3. The van der Waals surface area contributed by atoms with Gasteiger partial charge in [-0.2, -0.15) is 0 Å². The molecule has 2 aromatic rings. The monoisotopic (exact) mass is 396 g/mol. The lowest BCUT2D eigenvalue weighted by molar-refractivity contribution is -0.118. The molecule has 2 amide bonds. The summed E-state index contributed by atoms with van der Waals surface area (Å²) in [4.78, 5) is 23.4. The Morgan fingerprint density at radius 3 is 2.92 bits per heavy atom. The van der Waals surface area contributed by atoms with Crippen LogP contribution in [0.2, 0.25) is 10.0 Å². The van der Waals surface area contributed by atoms with Crippen LogP contribution in [0.1, 0.15) is 5.56 Å². The van der Waals surface area contributed by atoms with Gasteiger partial charge in [-0.15, -0.1) is 11.8 Å². The Labute approximate surface area is 159 Å². The Kier molecular flexibility index (Phi) is 5.73. The molecule has 0 unspecified atom stereocenters. The summed E-state index contributed by atoms with van der Waals surface area (Å²) in [6, 6.07) is 10.7. The SMILES string of the molecule is O=C(CSCc1cccc(Cl)c1)Nc1cc2c(cc1Cl)NC(=O)CO2. The van der Waals surface area contributed by atoms with Crippen LogP contribution in [0.3, 0.4) is 0 Å². The molecule has 130 valence electrons. The van der Waals surface area contributed by atoms with E-state index >= 15 is 0 Å². The van der Waals surface area contributed by atoms with Crippen LogP contribution in [0.5, 0.6) is 5.75 Å². The van der Waals surface area contributed by atoms with Crippen LogP contribution in [-0.2, 0) is 15.3 Å². The molecule has 8 heteroatoms. The molecule has 1 aliphatic heterocycles. The molecule has 25 heavy (non-hydrogen) atoms. The van der Waals surface area contributed by atoms with Crippen molar-refractivity contribution in [2.75, 3.05) is 23.0 Å². The number of benzene rings is 2. The number of amides is 2. The summed E-state index contributed by atoms with van der Waals surface area (Å²) in [6.45, 7) is -0.0580. The van der Waals surface area contributed by atoms with Crippen molar-refractivity contribution in [1.82, 2.24) is 0 Å². The van der Waals surface area contributed by atoms with E-state index in [1.165, 1.54) is 11.8 Å². The number of anilines is 2. The van der Waals surface area contributed by atoms with Gasteiger partial charge in [-0.1, -0.05) is 35.3 Å². The number of nitrogens with one attached hydrogen (secondary N) is 2. The first kappa shape index (κ1) is 17.9. The molecule has 0 aliphatic carbocycles. The van der Waals surface area contributed by atoms with Gasteiger partial charge in [0.2, 0.25) is 5.91 Å². The quantitative estimate of drug-likeness (QED) is 0.794. The molecule has 0 saturated carbocycles. The van der Waals surface area contributed by atoms with E-state index in [0.717, 1.165) is 5.56 Å². The van der Waals surface area contributed by atoms with Crippen molar-refractivity contribution >= 4 is 58.2 Å². The zero-order valence-electron chi connectivity index (χ0n) is 13.0. The van der Waals surface area contributed by atoms with E-state index in [1.54, 1.807) is 12.1 Å². The molecule has 1 aliphatic rings. The van der Waals surface area contributed by atoms with E-state index < -0.39 is 0 Å². The van der Waals surface area contributed by atoms with E-state index in [-0.39, 0.29) is 24.2 Å². The summed E-state index contributed by atoms with van der Waals surface area (Å²) in [6.07, 6.45) is 0. The normalized spacial score (nSPS) is 12.8. The van der Waals surface area contributed by atoms with Gasteiger partial charge in [0.1, 0.15) is 5.75 Å². The minimum Gasteiger partial charge on any atom is -0.482 e. The van der Waals surface area contributed by atoms with E-state index in [2.05, 4.69) is 10.6 Å². The lowest BCUT2D eigenvalue weighted by Gasteiger charge is -2.19. The van der Waals surface area contributed by atoms with Crippen molar-refractivity contribution in [3.8, 4) is 5.75 Å². The topological polar surface area (TPSA) is 67.4 Å². The first-order valence-corrected chi connectivity index (χ1v) is 9.30. The van der Waals surface area contributed by atoms with Gasteiger partial charge >= 0.3 is 0 Å². The number of ether oxygens (including phenoxy) is 1. The van der Waals surface area contributed by atoms with Crippen molar-refractivity contribution in [1.29, 1.82) is 0 Å². The summed E-state index contributed by atoms with van der Waals surface area (Å²) in [5, 5.41) is 6.43. The second kappa shape index (κ2) is 7.99. The van der Waals surface area contributed by atoms with Crippen LogP contribution in [-0.4, -0.2) is 24.2 Å². The highest BCUT2D eigenvalue weighted by Crippen LogP contribution is 2.36. The highest BCUT2D eigenvalue weighted by Gasteiger charge is 2.19. The number of rotatable bonds is 5. The molecule has 0 spiro atoms. The molecule has 0 aromatic heterocycles. The number of carbonyl (C=O) groups excluding carboxylic acids is 2. The molecule has 0 saturated heterocycles. The highest BCUT2D eigenvalue weighted by molar-refractivity contribution is 7.99. The first-order chi connectivity index (χ1) is 12.0. The van der Waals surface area contributed by atoms with Gasteiger partial charge in [0, 0.05) is 16.8 Å². The van der Waals surface area contributed by atoms with Crippen LogP contribution in [0.4, 0.5) is 11.4 Å². The van der Waals surface area contributed by atoms with Gasteiger partial charge in [-0.3, -0.25) is 9.59 Å². The summed E-state index contributed by atoms with van der Waals surface area (Å²) in [5.74, 6) is 1.02. The molecule has 0 atom stereocenters. The molecule has 0 radical (unpaired) electrons. The molecule has 1 heterocycles. The Hall–Kier alpha value is -1.89. The number of fused-ring (bicyclic) bond motifs is 1. The third-order valence-corrected chi connectivity index (χ3v) is 4.92. The van der Waals surface area contributed by atoms with Crippen LogP contribution in [0.25, 0.3) is 0 Å². The molecule has 3 rings (SSSR count). The molecular weight excluding hydrogens is 383 g/mol. The zero-order chi connectivity index (χ0) is 17.8. The van der Waals surface area contributed by atoms with Crippen LogP contribution >= 0.6 is 35.0 Å². The summed E-state index contributed by atoms with van der Waals surface area (Å²) in [7, 11) is 0. The predicted molar refractivity (Wildman–Crippen MR) is 102 cm³/mol. The number of hydrogen-bond acceptors (Lipinski definition) is 4. The number of thioether (sulfide) groups is 1. The van der Waals surface area contributed by atoms with Gasteiger partial charge in [-0.05, 0) is 23.8 Å². The highest BCUT2D eigenvalue weighted by atomic mass is 35.5. The minimum absolute atomic E-state index is 0.0580. The maximum atomic E-state index is 12.1. The van der Waals surface area contributed by atoms with Crippen molar-refractivity contribution in [3.05, 3.63) is 52.0 Å². The van der Waals surface area contributed by atoms with Crippen molar-refractivity contribution in [3.63, 3.8) is 0 Å². The maximum absolute atomic E-state index is 12.1. The van der Waals surface area contributed by atoms with Gasteiger partial charge < -0.3 is 15.4 Å². The summed E-state index contributed by atoms with van der Waals surface area (Å²) in [5.41, 5.74) is 2.00. The third-order valence-electron chi connectivity index (χ3n) is 3.37. The van der Waals surface area contributed by atoms with Crippen LogP contribution < -0.4 is 15.4 Å². The molecule has 2 N–H and O–H groups in total. The maximum Gasteiger partial charge on any atom is 0.262 e. The van der Waals surface area contributed by atoms with Gasteiger partial charge in [0.05, 0.1) is 22.2 Å². The average molecular weight is 397 g/mol. The van der Waals surface area contributed by atoms with Crippen LogP contribution in [0.15, 0.2) is 36.4 Å². The standard InChI is InChI=1S/C17H14Cl2N2O3S/c18-11-3-1-2-10(4-11)8-25-9-17(23)20-13-6-15-14(5-12(13)19)21-16(22)7-24-15/h1-6H,7-9H2,(H,20,23)(H,21,22). The van der Waals surface area contributed by atoms with Crippen molar-refractivity contribution in [2.45, 2.75) is 5.75 Å². The summed E-state index contributed by atoms with van der Waals surface area (Å²) >= 11 is 13.6. The average Bonchev–Trinajstić information content (AvgIpc) is 2.56. The number of carbonyl (C=O) groups is 2.